The Labute approximate surface area is 111 Å². The highest BCUT2D eigenvalue weighted by Gasteiger charge is 2.05. The van der Waals surface area contributed by atoms with E-state index in [0.29, 0.717) is 17.8 Å². The summed E-state index contributed by atoms with van der Waals surface area (Å²) in [6, 6.07) is 9.09. The van der Waals surface area contributed by atoms with E-state index in [1.165, 1.54) is 12.4 Å². The van der Waals surface area contributed by atoms with Crippen molar-refractivity contribution in [3.8, 4) is 5.75 Å². The van der Waals surface area contributed by atoms with Crippen molar-refractivity contribution in [1.82, 2.24) is 10.3 Å². The summed E-state index contributed by atoms with van der Waals surface area (Å²) < 4.78 is 5.07. The fourth-order valence-electron chi connectivity index (χ4n) is 1.61. The molecule has 0 atom stereocenters. The van der Waals surface area contributed by atoms with Crippen molar-refractivity contribution in [2.75, 3.05) is 12.8 Å². The van der Waals surface area contributed by atoms with E-state index >= 15 is 0 Å². The molecule has 0 aliphatic rings. The monoisotopic (exact) mass is 257 g/mol. The molecule has 0 saturated carbocycles. The van der Waals surface area contributed by atoms with Crippen LogP contribution in [0.3, 0.4) is 0 Å². The largest absolute Gasteiger partial charge is 0.497 e. The Morgan fingerprint density at radius 3 is 2.68 bits per heavy atom. The lowest BCUT2D eigenvalue weighted by atomic mass is 10.2. The van der Waals surface area contributed by atoms with Gasteiger partial charge in [-0.1, -0.05) is 12.1 Å². The van der Waals surface area contributed by atoms with Gasteiger partial charge in [0, 0.05) is 18.9 Å². The minimum Gasteiger partial charge on any atom is -0.497 e. The number of nitrogens with two attached hydrogens (primary N) is 1. The van der Waals surface area contributed by atoms with Crippen LogP contribution in [0.15, 0.2) is 42.7 Å². The lowest BCUT2D eigenvalue weighted by molar-refractivity contribution is 0.0950. The predicted molar refractivity (Wildman–Crippen MR) is 72.8 cm³/mol. The molecule has 5 nitrogen and oxygen atoms in total. The zero-order chi connectivity index (χ0) is 13.7. The molecule has 1 heterocycles. The summed E-state index contributed by atoms with van der Waals surface area (Å²) in [5.74, 6) is 0.589. The van der Waals surface area contributed by atoms with Crippen LogP contribution in [0.5, 0.6) is 5.75 Å². The fraction of sp³-hybridized carbons (Fsp3) is 0.143. The maximum Gasteiger partial charge on any atom is 0.253 e. The van der Waals surface area contributed by atoms with Gasteiger partial charge in [-0.25, -0.2) is 0 Å². The number of nitrogens with zero attached hydrogens (tertiary/aromatic N) is 1. The maximum absolute atomic E-state index is 11.9. The number of nitrogens with one attached hydrogen (secondary N) is 1. The van der Waals surface area contributed by atoms with E-state index in [9.17, 15) is 4.79 Å². The van der Waals surface area contributed by atoms with Crippen molar-refractivity contribution in [1.29, 1.82) is 0 Å². The van der Waals surface area contributed by atoms with Crippen molar-refractivity contribution in [2.45, 2.75) is 6.54 Å². The third kappa shape index (κ3) is 3.45. The standard InChI is InChI=1S/C14H15N3O2/c1-19-13-4-2-10(3-5-13)7-17-14(18)11-6-12(15)9-16-8-11/h2-6,8-9H,7,15H2,1H3,(H,17,18). The zero-order valence-electron chi connectivity index (χ0n) is 10.6. The average molecular weight is 257 g/mol. The van der Waals surface area contributed by atoms with Gasteiger partial charge >= 0.3 is 0 Å². The highest BCUT2D eigenvalue weighted by atomic mass is 16.5. The van der Waals surface area contributed by atoms with Gasteiger partial charge < -0.3 is 15.8 Å². The minimum atomic E-state index is -0.199. The van der Waals surface area contributed by atoms with E-state index in [1.54, 1.807) is 13.2 Å². The molecular formula is C14H15N3O2. The predicted octanol–water partition coefficient (Wildman–Crippen LogP) is 1.60. The Balaban J connectivity index is 1.96. The summed E-state index contributed by atoms with van der Waals surface area (Å²) in [7, 11) is 1.61. The van der Waals surface area contributed by atoms with Gasteiger partial charge in [0.15, 0.2) is 0 Å². The Bertz CT molecular complexity index is 567. The number of hydrogen-bond acceptors (Lipinski definition) is 4. The molecule has 0 bridgehead atoms. The van der Waals surface area contributed by atoms with Crippen LogP contribution in [0, 0.1) is 0 Å². The quantitative estimate of drug-likeness (QED) is 0.872. The lowest BCUT2D eigenvalue weighted by Gasteiger charge is -2.06. The Morgan fingerprint density at radius 2 is 2.05 bits per heavy atom. The number of carbonyl (C=O) groups excluding carboxylic acids is 1. The van der Waals surface area contributed by atoms with Gasteiger partial charge in [0.2, 0.25) is 0 Å². The summed E-state index contributed by atoms with van der Waals surface area (Å²) in [5.41, 5.74) is 7.49. The molecule has 1 aromatic heterocycles. The van der Waals surface area contributed by atoms with E-state index in [0.717, 1.165) is 11.3 Å². The number of nitrogen functional groups attached to an aromatic ring is 1. The number of benzene rings is 1. The summed E-state index contributed by atoms with van der Waals surface area (Å²) in [4.78, 5) is 15.7. The number of ether oxygens (including phenoxy) is 1. The molecule has 5 heteroatoms. The van der Waals surface area contributed by atoms with Crippen LogP contribution < -0.4 is 15.8 Å². The fourth-order valence-corrected chi connectivity index (χ4v) is 1.61. The normalized spacial score (nSPS) is 9.95. The smallest absolute Gasteiger partial charge is 0.253 e. The van der Waals surface area contributed by atoms with Crippen LogP contribution in [-0.4, -0.2) is 18.0 Å². The van der Waals surface area contributed by atoms with E-state index in [1.807, 2.05) is 24.3 Å². The number of anilines is 1. The molecule has 19 heavy (non-hydrogen) atoms. The molecule has 1 aromatic carbocycles. The van der Waals surface area contributed by atoms with Gasteiger partial charge in [-0.15, -0.1) is 0 Å². The molecule has 0 saturated heterocycles. The van der Waals surface area contributed by atoms with Crippen LogP contribution in [0.1, 0.15) is 15.9 Å². The molecule has 0 fully saturated rings. The Kier molecular flexibility index (Phi) is 3.97. The molecule has 3 N–H and O–H groups in total. The van der Waals surface area contributed by atoms with E-state index in [-0.39, 0.29) is 5.91 Å². The molecule has 0 radical (unpaired) electrons. The first-order valence-corrected chi connectivity index (χ1v) is 5.80. The van der Waals surface area contributed by atoms with Crippen molar-refractivity contribution in [3.05, 3.63) is 53.9 Å². The van der Waals surface area contributed by atoms with Crippen molar-refractivity contribution >= 4 is 11.6 Å². The van der Waals surface area contributed by atoms with Gasteiger partial charge in [-0.3, -0.25) is 9.78 Å². The van der Waals surface area contributed by atoms with Gasteiger partial charge in [-0.05, 0) is 23.8 Å². The number of amides is 1. The SMILES string of the molecule is COc1ccc(CNC(=O)c2cncc(N)c2)cc1. The van der Waals surface area contributed by atoms with E-state index in [2.05, 4.69) is 10.3 Å². The molecule has 0 aliphatic heterocycles. The number of aromatic nitrogens is 1. The maximum atomic E-state index is 11.9. The summed E-state index contributed by atoms with van der Waals surface area (Å²) in [6.07, 6.45) is 2.99. The van der Waals surface area contributed by atoms with Crippen molar-refractivity contribution in [3.63, 3.8) is 0 Å². The number of carbonyl (C=O) groups is 1. The van der Waals surface area contributed by atoms with E-state index < -0.39 is 0 Å². The third-order valence-corrected chi connectivity index (χ3v) is 2.63. The number of rotatable bonds is 4. The van der Waals surface area contributed by atoms with Crippen LogP contribution in [0.2, 0.25) is 0 Å². The molecule has 2 aromatic rings. The molecule has 98 valence electrons. The third-order valence-electron chi connectivity index (χ3n) is 2.63. The molecule has 1 amide bonds. The Hall–Kier alpha value is -2.56. The highest BCUT2D eigenvalue weighted by Crippen LogP contribution is 2.11. The summed E-state index contributed by atoms with van der Waals surface area (Å²) in [5, 5.41) is 2.80. The second kappa shape index (κ2) is 5.86. The number of methoxy groups -OCH3 is 1. The molecule has 0 spiro atoms. The van der Waals surface area contributed by atoms with Crippen LogP contribution >= 0.6 is 0 Å². The molecule has 0 unspecified atom stereocenters. The summed E-state index contributed by atoms with van der Waals surface area (Å²) in [6.45, 7) is 0.442. The lowest BCUT2D eigenvalue weighted by Crippen LogP contribution is -2.23. The molecular weight excluding hydrogens is 242 g/mol. The average Bonchev–Trinajstić information content (AvgIpc) is 2.45. The second-order valence-corrected chi connectivity index (χ2v) is 4.04. The summed E-state index contributed by atoms with van der Waals surface area (Å²) >= 11 is 0. The van der Waals surface area contributed by atoms with Crippen LogP contribution in [0.4, 0.5) is 5.69 Å². The van der Waals surface area contributed by atoms with Crippen LogP contribution in [0.25, 0.3) is 0 Å². The second-order valence-electron chi connectivity index (χ2n) is 4.04. The molecule has 2 rings (SSSR count). The van der Waals surface area contributed by atoms with Gasteiger partial charge in [0.05, 0.1) is 18.4 Å². The number of pyridine rings is 1. The minimum absolute atomic E-state index is 0.199. The first kappa shape index (κ1) is 12.9. The topological polar surface area (TPSA) is 77.2 Å². The first-order chi connectivity index (χ1) is 9.19. The van der Waals surface area contributed by atoms with Crippen LogP contribution in [-0.2, 0) is 6.54 Å². The van der Waals surface area contributed by atoms with Crippen molar-refractivity contribution < 1.29 is 9.53 Å². The van der Waals surface area contributed by atoms with Gasteiger partial charge in [0.25, 0.3) is 5.91 Å². The van der Waals surface area contributed by atoms with E-state index in [4.69, 9.17) is 10.5 Å². The van der Waals surface area contributed by atoms with Gasteiger partial charge in [-0.2, -0.15) is 0 Å². The van der Waals surface area contributed by atoms with Gasteiger partial charge in [0.1, 0.15) is 5.75 Å². The van der Waals surface area contributed by atoms with Crippen molar-refractivity contribution in [2.24, 2.45) is 0 Å². The highest BCUT2D eigenvalue weighted by molar-refractivity contribution is 5.94. The number of hydrogen-bond donors (Lipinski definition) is 2. The Morgan fingerprint density at radius 1 is 1.32 bits per heavy atom. The molecule has 0 aliphatic carbocycles. The first-order valence-electron chi connectivity index (χ1n) is 5.80. The zero-order valence-corrected chi connectivity index (χ0v) is 10.6.